The maximum atomic E-state index is 13.2. The average molecular weight is 312 g/mol. The van der Waals surface area contributed by atoms with Gasteiger partial charge in [-0.2, -0.15) is 0 Å². The van der Waals surface area contributed by atoms with Crippen LogP contribution >= 0.6 is 0 Å². The lowest BCUT2D eigenvalue weighted by molar-refractivity contribution is -0.132. The molecule has 1 aliphatic heterocycles. The highest BCUT2D eigenvalue weighted by molar-refractivity contribution is 5.82. The maximum absolute atomic E-state index is 13.2. The van der Waals surface area contributed by atoms with E-state index in [0.717, 1.165) is 22.5 Å². The molecule has 1 fully saturated rings. The van der Waals surface area contributed by atoms with Crippen LogP contribution in [0, 0.1) is 5.92 Å². The molecule has 23 heavy (non-hydrogen) atoms. The lowest BCUT2D eigenvalue weighted by Gasteiger charge is -2.19. The fraction of sp³-hybridized carbons (Fsp3) is 0.412. The quantitative estimate of drug-likeness (QED) is 0.849. The van der Waals surface area contributed by atoms with Gasteiger partial charge in [0.15, 0.2) is 0 Å². The van der Waals surface area contributed by atoms with E-state index >= 15 is 0 Å². The molecule has 2 aromatic heterocycles. The number of carbonyl (C=O) groups is 1. The number of nitrogens with zero attached hydrogens (tertiary/aromatic N) is 4. The Bertz CT molecular complexity index is 737. The van der Waals surface area contributed by atoms with Crippen LogP contribution in [-0.4, -0.2) is 45.0 Å². The number of hydrogen-bond donors (Lipinski definition) is 0. The lowest BCUT2D eigenvalue weighted by Crippen LogP contribution is -2.35. The molecule has 0 saturated heterocycles. The largest absolute Gasteiger partial charge is 0.342 e. The second-order valence-electron chi connectivity index (χ2n) is 6.07. The summed E-state index contributed by atoms with van der Waals surface area (Å²) in [5, 5.41) is 0. The Morgan fingerprint density at radius 1 is 1.17 bits per heavy atom. The van der Waals surface area contributed by atoms with Crippen molar-refractivity contribution in [2.45, 2.75) is 25.4 Å². The number of hydrogen-bond acceptors (Lipinski definition) is 4. The van der Waals surface area contributed by atoms with Gasteiger partial charge in [-0.05, 0) is 25.0 Å². The summed E-state index contributed by atoms with van der Waals surface area (Å²) in [6.07, 6.45) is 5.87. The van der Waals surface area contributed by atoms with E-state index in [9.17, 15) is 9.18 Å². The van der Waals surface area contributed by atoms with Gasteiger partial charge >= 0.3 is 0 Å². The SMILES string of the molecule is O=C([C@@H]1C[C@H]1F)N1CCc2ncnc(-c3ccncc3)c2CC1. The number of amides is 1. The van der Waals surface area contributed by atoms with Crippen molar-refractivity contribution in [2.24, 2.45) is 5.92 Å². The van der Waals surface area contributed by atoms with Crippen molar-refractivity contribution >= 4 is 5.91 Å². The first-order chi connectivity index (χ1) is 11.2. The third kappa shape index (κ3) is 2.69. The number of carbonyl (C=O) groups excluding carboxylic acids is 1. The molecule has 1 saturated carbocycles. The molecule has 5 nitrogen and oxygen atoms in total. The highest BCUT2D eigenvalue weighted by Crippen LogP contribution is 2.36. The van der Waals surface area contributed by atoms with Gasteiger partial charge in [0.25, 0.3) is 0 Å². The summed E-state index contributed by atoms with van der Waals surface area (Å²) < 4.78 is 13.2. The first-order valence-corrected chi connectivity index (χ1v) is 7.90. The van der Waals surface area contributed by atoms with Crippen molar-refractivity contribution in [1.82, 2.24) is 19.9 Å². The molecule has 2 aromatic rings. The molecule has 0 aromatic carbocycles. The van der Waals surface area contributed by atoms with Crippen molar-refractivity contribution in [1.29, 1.82) is 0 Å². The second kappa shape index (κ2) is 5.68. The zero-order valence-electron chi connectivity index (χ0n) is 12.7. The molecule has 0 unspecified atom stereocenters. The molecule has 118 valence electrons. The number of aromatic nitrogens is 3. The third-order valence-electron chi connectivity index (χ3n) is 4.58. The first kappa shape index (κ1) is 14.2. The minimum Gasteiger partial charge on any atom is -0.342 e. The normalized spacial score (nSPS) is 23.1. The van der Waals surface area contributed by atoms with E-state index in [2.05, 4.69) is 15.0 Å². The van der Waals surface area contributed by atoms with Crippen LogP contribution in [0.5, 0.6) is 0 Å². The van der Waals surface area contributed by atoms with Gasteiger partial charge in [-0.25, -0.2) is 14.4 Å². The minimum atomic E-state index is -0.944. The number of rotatable bonds is 2. The number of halogens is 1. The van der Waals surface area contributed by atoms with Gasteiger partial charge in [-0.3, -0.25) is 9.78 Å². The van der Waals surface area contributed by atoms with Crippen molar-refractivity contribution in [3.05, 3.63) is 42.1 Å². The maximum Gasteiger partial charge on any atom is 0.228 e. The Balaban J connectivity index is 1.60. The topological polar surface area (TPSA) is 59.0 Å². The Hall–Kier alpha value is -2.37. The monoisotopic (exact) mass is 312 g/mol. The number of fused-ring (bicyclic) bond motifs is 1. The molecule has 0 N–H and O–H groups in total. The van der Waals surface area contributed by atoms with Crippen molar-refractivity contribution in [3.63, 3.8) is 0 Å². The zero-order chi connectivity index (χ0) is 15.8. The van der Waals surface area contributed by atoms with Crippen molar-refractivity contribution in [2.75, 3.05) is 13.1 Å². The van der Waals surface area contributed by atoms with Gasteiger partial charge in [0, 0.05) is 48.7 Å². The van der Waals surface area contributed by atoms with Crippen molar-refractivity contribution < 1.29 is 9.18 Å². The van der Waals surface area contributed by atoms with Gasteiger partial charge in [0.1, 0.15) is 12.5 Å². The standard InChI is InChI=1S/C17H17FN4O/c18-14-9-13(14)17(23)22-7-3-12-15(4-8-22)20-10-21-16(12)11-1-5-19-6-2-11/h1-2,5-6,10,13-14H,3-4,7-9H2/t13-,14-/m1/s1. The molecule has 0 bridgehead atoms. The van der Waals surface area contributed by atoms with Crippen LogP contribution in [0.15, 0.2) is 30.9 Å². The summed E-state index contributed by atoms with van der Waals surface area (Å²) in [6.45, 7) is 1.20. The van der Waals surface area contributed by atoms with Crippen LogP contribution in [-0.2, 0) is 17.6 Å². The summed E-state index contributed by atoms with van der Waals surface area (Å²) in [5.41, 5.74) is 3.97. The summed E-state index contributed by atoms with van der Waals surface area (Å²) in [7, 11) is 0. The Morgan fingerprint density at radius 3 is 2.65 bits per heavy atom. The second-order valence-corrected chi connectivity index (χ2v) is 6.07. The molecule has 4 rings (SSSR count). The Labute approximate surface area is 133 Å². The van der Waals surface area contributed by atoms with Gasteiger partial charge in [-0.15, -0.1) is 0 Å². The van der Waals surface area contributed by atoms with Gasteiger partial charge < -0.3 is 4.90 Å². The van der Waals surface area contributed by atoms with Crippen molar-refractivity contribution in [3.8, 4) is 11.3 Å². The molecule has 1 amide bonds. The minimum absolute atomic E-state index is 0.0521. The summed E-state index contributed by atoms with van der Waals surface area (Å²) in [4.78, 5) is 26.9. The number of pyridine rings is 1. The summed E-state index contributed by atoms with van der Waals surface area (Å²) in [5.74, 6) is -0.467. The van der Waals surface area contributed by atoms with Crippen LogP contribution in [0.2, 0.25) is 0 Å². The molecule has 2 atom stereocenters. The van der Waals surface area contributed by atoms with Crippen LogP contribution in [0.3, 0.4) is 0 Å². The van der Waals surface area contributed by atoms with Crippen LogP contribution in [0.25, 0.3) is 11.3 Å². The predicted molar refractivity (Wildman–Crippen MR) is 82.3 cm³/mol. The average Bonchev–Trinajstić information content (AvgIpc) is 3.35. The van der Waals surface area contributed by atoms with E-state index in [-0.39, 0.29) is 5.91 Å². The third-order valence-corrected chi connectivity index (χ3v) is 4.58. The molecule has 0 radical (unpaired) electrons. The van der Waals surface area contributed by atoms with Gasteiger partial charge in [0.05, 0.1) is 11.6 Å². The van der Waals surface area contributed by atoms with Gasteiger partial charge in [0.2, 0.25) is 5.91 Å². The van der Waals surface area contributed by atoms with E-state index in [4.69, 9.17) is 0 Å². The van der Waals surface area contributed by atoms with Crippen LogP contribution in [0.1, 0.15) is 17.7 Å². The summed E-state index contributed by atoms with van der Waals surface area (Å²) >= 11 is 0. The fourth-order valence-corrected chi connectivity index (χ4v) is 3.16. The highest BCUT2D eigenvalue weighted by Gasteiger charge is 2.45. The van der Waals surface area contributed by atoms with E-state index in [0.29, 0.717) is 32.4 Å². The van der Waals surface area contributed by atoms with E-state index in [1.54, 1.807) is 23.6 Å². The Morgan fingerprint density at radius 2 is 1.91 bits per heavy atom. The smallest absolute Gasteiger partial charge is 0.228 e. The molecule has 6 heteroatoms. The molecule has 1 aliphatic carbocycles. The highest BCUT2D eigenvalue weighted by atomic mass is 19.1. The van der Waals surface area contributed by atoms with Gasteiger partial charge in [-0.1, -0.05) is 0 Å². The fourth-order valence-electron chi connectivity index (χ4n) is 3.16. The molecular formula is C17H17FN4O. The molecule has 3 heterocycles. The number of alkyl halides is 1. The predicted octanol–water partition coefficient (Wildman–Crippen LogP) is 1.82. The van der Waals surface area contributed by atoms with E-state index in [1.807, 2.05) is 12.1 Å². The first-order valence-electron chi connectivity index (χ1n) is 7.90. The van der Waals surface area contributed by atoms with Crippen LogP contribution < -0.4 is 0 Å². The van der Waals surface area contributed by atoms with E-state index in [1.165, 1.54) is 0 Å². The molecule has 0 spiro atoms. The molecular weight excluding hydrogens is 295 g/mol. The summed E-state index contributed by atoms with van der Waals surface area (Å²) in [6, 6.07) is 3.85. The zero-order valence-corrected chi connectivity index (χ0v) is 12.7. The Kier molecular flexibility index (Phi) is 3.52. The van der Waals surface area contributed by atoms with Crippen LogP contribution in [0.4, 0.5) is 4.39 Å². The molecule has 2 aliphatic rings. The van der Waals surface area contributed by atoms with E-state index < -0.39 is 12.1 Å². The lowest BCUT2D eigenvalue weighted by atomic mass is 10.0.